The highest BCUT2D eigenvalue weighted by Crippen LogP contribution is 2.31. The summed E-state index contributed by atoms with van der Waals surface area (Å²) in [5, 5.41) is 8.84. The highest BCUT2D eigenvalue weighted by atomic mass is 35.5. The first-order chi connectivity index (χ1) is 11.1. The first kappa shape index (κ1) is 18.4. The molecule has 128 valence electrons. The predicted molar refractivity (Wildman–Crippen MR) is 90.2 cm³/mol. The highest BCUT2D eigenvalue weighted by molar-refractivity contribution is 7.13. The maximum Gasteiger partial charge on any atom is 0.277 e. The highest BCUT2D eigenvalue weighted by Gasteiger charge is 2.18. The van der Waals surface area contributed by atoms with Crippen molar-refractivity contribution in [2.45, 2.75) is 19.4 Å². The molecule has 2 aromatic heterocycles. The summed E-state index contributed by atoms with van der Waals surface area (Å²) in [5.74, 6) is -0.518. The molecule has 24 heavy (non-hydrogen) atoms. The van der Waals surface area contributed by atoms with Gasteiger partial charge in [0, 0.05) is 17.8 Å². The molecule has 0 fully saturated rings. The van der Waals surface area contributed by atoms with Gasteiger partial charge in [-0.05, 0) is 26.1 Å². The summed E-state index contributed by atoms with van der Waals surface area (Å²) in [6.07, 6.45) is 0.610. The number of hydrogen-bond donors (Lipinski definition) is 1. The average Bonchev–Trinajstić information content (AvgIpc) is 3.16. The summed E-state index contributed by atoms with van der Waals surface area (Å²) < 4.78 is 32.8. The fourth-order valence-electron chi connectivity index (χ4n) is 2.01. The lowest BCUT2D eigenvalue weighted by molar-refractivity contribution is 0.417. The van der Waals surface area contributed by atoms with Crippen molar-refractivity contribution in [2.24, 2.45) is 0 Å². The van der Waals surface area contributed by atoms with Gasteiger partial charge >= 0.3 is 0 Å². The number of thiazole rings is 1. The van der Waals surface area contributed by atoms with Crippen LogP contribution >= 0.6 is 23.7 Å². The number of nitrogens with zero attached hydrogens (tertiary/aromatic N) is 3. The first-order valence-electron chi connectivity index (χ1n) is 6.98. The molecular formula is C15H15ClF2N4OS. The number of aromatic nitrogens is 3. The van der Waals surface area contributed by atoms with Crippen LogP contribution in [0.25, 0.3) is 22.2 Å². The summed E-state index contributed by atoms with van der Waals surface area (Å²) in [4.78, 5) is 8.47. The van der Waals surface area contributed by atoms with E-state index in [4.69, 9.17) is 4.52 Å². The van der Waals surface area contributed by atoms with Gasteiger partial charge in [-0.2, -0.15) is 4.98 Å². The maximum atomic E-state index is 13.8. The van der Waals surface area contributed by atoms with Crippen molar-refractivity contribution >= 4 is 23.7 Å². The molecular weight excluding hydrogens is 358 g/mol. The van der Waals surface area contributed by atoms with E-state index < -0.39 is 11.6 Å². The molecule has 9 heteroatoms. The van der Waals surface area contributed by atoms with E-state index in [9.17, 15) is 8.78 Å². The van der Waals surface area contributed by atoms with Gasteiger partial charge in [0.1, 0.15) is 22.3 Å². The SMILES string of the molecule is CNC(C)Cc1noc(-c2csc(-c3c(F)cccc3F)n2)n1.Cl. The lowest BCUT2D eigenvalue weighted by Crippen LogP contribution is -2.24. The van der Waals surface area contributed by atoms with E-state index in [0.717, 1.165) is 11.3 Å². The third kappa shape index (κ3) is 3.77. The summed E-state index contributed by atoms with van der Waals surface area (Å²) in [6, 6.07) is 3.92. The van der Waals surface area contributed by atoms with Gasteiger partial charge in [0.25, 0.3) is 5.89 Å². The molecule has 2 heterocycles. The molecule has 0 aliphatic rings. The third-order valence-electron chi connectivity index (χ3n) is 3.35. The van der Waals surface area contributed by atoms with Crippen LogP contribution in [0, 0.1) is 11.6 Å². The lowest BCUT2D eigenvalue weighted by Gasteiger charge is -2.04. The summed E-state index contributed by atoms with van der Waals surface area (Å²) in [5.41, 5.74) is 0.260. The van der Waals surface area contributed by atoms with Gasteiger partial charge in [0.15, 0.2) is 5.82 Å². The standard InChI is InChI=1S/C15H14F2N4OS.ClH/c1-8(18-2)6-12-20-14(22-21-12)11-7-23-15(19-11)13-9(16)4-3-5-10(13)17;/h3-5,7-8,18H,6H2,1-2H3;1H. The van der Waals surface area contributed by atoms with Crippen molar-refractivity contribution in [1.82, 2.24) is 20.4 Å². The van der Waals surface area contributed by atoms with Gasteiger partial charge in [0.2, 0.25) is 0 Å². The summed E-state index contributed by atoms with van der Waals surface area (Å²) in [6.45, 7) is 2.00. The quantitative estimate of drug-likeness (QED) is 0.739. The zero-order valence-electron chi connectivity index (χ0n) is 12.9. The van der Waals surface area contributed by atoms with Crippen LogP contribution in [0.15, 0.2) is 28.1 Å². The molecule has 1 atom stereocenters. The van der Waals surface area contributed by atoms with E-state index in [2.05, 4.69) is 20.4 Å². The molecule has 0 spiro atoms. The van der Waals surface area contributed by atoms with Crippen molar-refractivity contribution < 1.29 is 13.3 Å². The molecule has 0 bridgehead atoms. The molecule has 1 N–H and O–H groups in total. The molecule has 3 rings (SSSR count). The Hall–Kier alpha value is -1.90. The third-order valence-corrected chi connectivity index (χ3v) is 4.21. The number of nitrogens with one attached hydrogen (secondary N) is 1. The Morgan fingerprint density at radius 1 is 1.25 bits per heavy atom. The largest absolute Gasteiger partial charge is 0.332 e. The number of benzene rings is 1. The molecule has 1 aromatic carbocycles. The predicted octanol–water partition coefficient (Wildman–Crippen LogP) is 3.71. The Morgan fingerprint density at radius 2 is 1.96 bits per heavy atom. The summed E-state index contributed by atoms with van der Waals surface area (Å²) in [7, 11) is 1.85. The van der Waals surface area contributed by atoms with Gasteiger partial charge in [-0.25, -0.2) is 13.8 Å². The minimum atomic E-state index is -0.653. The van der Waals surface area contributed by atoms with Gasteiger partial charge in [-0.1, -0.05) is 11.2 Å². The number of likely N-dealkylation sites (N-methyl/N-ethyl adjacent to an activating group) is 1. The number of rotatable bonds is 5. The van der Waals surface area contributed by atoms with Crippen molar-refractivity contribution in [3.8, 4) is 22.2 Å². The van der Waals surface area contributed by atoms with E-state index in [1.807, 2.05) is 14.0 Å². The Morgan fingerprint density at radius 3 is 2.62 bits per heavy atom. The van der Waals surface area contributed by atoms with Crippen LogP contribution in [0.5, 0.6) is 0 Å². The van der Waals surface area contributed by atoms with Crippen LogP contribution in [0.2, 0.25) is 0 Å². The van der Waals surface area contributed by atoms with Gasteiger partial charge in [0.05, 0.1) is 5.56 Å². The maximum absolute atomic E-state index is 13.8. The topological polar surface area (TPSA) is 63.8 Å². The number of halogens is 3. The van der Waals surface area contributed by atoms with Gasteiger partial charge in [-0.3, -0.25) is 0 Å². The number of hydrogen-bond acceptors (Lipinski definition) is 6. The minimum Gasteiger partial charge on any atom is -0.332 e. The Labute approximate surface area is 147 Å². The van der Waals surface area contributed by atoms with Crippen LogP contribution in [0.1, 0.15) is 12.7 Å². The van der Waals surface area contributed by atoms with Crippen molar-refractivity contribution in [3.05, 3.63) is 41.0 Å². The molecule has 3 aromatic rings. The molecule has 0 amide bonds. The van der Waals surface area contributed by atoms with Crippen LogP contribution in [0.4, 0.5) is 8.78 Å². The van der Waals surface area contributed by atoms with Crippen LogP contribution in [-0.4, -0.2) is 28.2 Å². The van der Waals surface area contributed by atoms with Crippen molar-refractivity contribution in [3.63, 3.8) is 0 Å². The van der Waals surface area contributed by atoms with E-state index in [1.165, 1.54) is 18.2 Å². The fraction of sp³-hybridized carbons (Fsp3) is 0.267. The smallest absolute Gasteiger partial charge is 0.277 e. The fourth-order valence-corrected chi connectivity index (χ4v) is 2.85. The second kappa shape index (κ2) is 7.78. The van der Waals surface area contributed by atoms with Crippen LogP contribution in [0.3, 0.4) is 0 Å². The zero-order chi connectivity index (χ0) is 16.4. The van der Waals surface area contributed by atoms with Gasteiger partial charge < -0.3 is 9.84 Å². The molecule has 0 aliphatic heterocycles. The second-order valence-electron chi connectivity index (χ2n) is 5.04. The van der Waals surface area contributed by atoms with Crippen molar-refractivity contribution in [2.75, 3.05) is 7.05 Å². The monoisotopic (exact) mass is 372 g/mol. The van der Waals surface area contributed by atoms with Crippen LogP contribution in [-0.2, 0) is 6.42 Å². The molecule has 5 nitrogen and oxygen atoms in total. The van der Waals surface area contributed by atoms with Crippen LogP contribution < -0.4 is 5.32 Å². The minimum absolute atomic E-state index is 0. The molecule has 1 unspecified atom stereocenters. The van der Waals surface area contributed by atoms with E-state index >= 15 is 0 Å². The summed E-state index contributed by atoms with van der Waals surface area (Å²) >= 11 is 1.12. The van der Waals surface area contributed by atoms with E-state index in [-0.39, 0.29) is 34.9 Å². The first-order valence-corrected chi connectivity index (χ1v) is 7.86. The second-order valence-corrected chi connectivity index (χ2v) is 5.90. The van der Waals surface area contributed by atoms with Crippen molar-refractivity contribution in [1.29, 1.82) is 0 Å². The molecule has 0 radical (unpaired) electrons. The van der Waals surface area contributed by atoms with E-state index in [1.54, 1.807) is 5.38 Å². The Bertz CT molecular complexity index is 803. The van der Waals surface area contributed by atoms with Gasteiger partial charge in [-0.15, -0.1) is 23.7 Å². The molecule has 0 saturated carbocycles. The lowest BCUT2D eigenvalue weighted by atomic mass is 10.2. The Balaban J connectivity index is 0.00000208. The van der Waals surface area contributed by atoms with E-state index in [0.29, 0.717) is 17.9 Å². The molecule has 0 saturated heterocycles. The average molecular weight is 373 g/mol. The normalized spacial score (nSPS) is 12.0. The molecule has 0 aliphatic carbocycles. The Kier molecular flexibility index (Phi) is 5.98. The zero-order valence-corrected chi connectivity index (χ0v) is 14.5.